The van der Waals surface area contributed by atoms with Crippen LogP contribution in [-0.2, 0) is 10.0 Å². The Morgan fingerprint density at radius 2 is 1.95 bits per heavy atom. The Morgan fingerprint density at radius 1 is 1.30 bits per heavy atom. The first kappa shape index (κ1) is 17.3. The number of halogens is 1. The van der Waals surface area contributed by atoms with Gasteiger partial charge in [-0.2, -0.15) is 0 Å². The molecular formula is C14H22ClNO3S. The fourth-order valence-electron chi connectivity index (χ4n) is 1.55. The Hall–Kier alpha value is -0.780. The molecule has 1 rings (SSSR count). The summed E-state index contributed by atoms with van der Waals surface area (Å²) in [6, 6.07) is 4.48. The first-order chi connectivity index (χ1) is 9.15. The van der Waals surface area contributed by atoms with Crippen molar-refractivity contribution >= 4 is 21.6 Å². The number of hydrogen-bond acceptors (Lipinski definition) is 3. The fourth-order valence-corrected chi connectivity index (χ4v) is 3.16. The molecule has 0 saturated heterocycles. The summed E-state index contributed by atoms with van der Waals surface area (Å²) in [7, 11) is -3.58. The minimum absolute atomic E-state index is 0.156. The molecule has 0 saturated carbocycles. The van der Waals surface area contributed by atoms with Crippen molar-refractivity contribution in [2.45, 2.75) is 51.0 Å². The maximum atomic E-state index is 12.2. The number of sulfonamides is 1. The molecule has 0 spiro atoms. The van der Waals surface area contributed by atoms with Gasteiger partial charge in [0, 0.05) is 11.6 Å². The van der Waals surface area contributed by atoms with E-state index in [1.807, 2.05) is 0 Å². The van der Waals surface area contributed by atoms with E-state index in [1.54, 1.807) is 26.8 Å². The smallest absolute Gasteiger partial charge is 0.241 e. The normalized spacial score (nSPS) is 12.4. The molecule has 0 radical (unpaired) electrons. The van der Waals surface area contributed by atoms with Gasteiger partial charge in [-0.15, -0.1) is 0 Å². The highest BCUT2D eigenvalue weighted by Crippen LogP contribution is 2.28. The van der Waals surface area contributed by atoms with Gasteiger partial charge in [-0.25, -0.2) is 13.1 Å². The maximum Gasteiger partial charge on any atom is 0.241 e. The third-order valence-corrected chi connectivity index (χ3v) is 4.48. The van der Waals surface area contributed by atoms with E-state index in [4.69, 9.17) is 16.3 Å². The van der Waals surface area contributed by atoms with Gasteiger partial charge in [-0.1, -0.05) is 24.9 Å². The van der Waals surface area contributed by atoms with Crippen LogP contribution in [0.5, 0.6) is 5.75 Å². The molecule has 0 aromatic heterocycles. The number of unbranched alkanes of at least 4 members (excludes halogenated alkanes) is 1. The van der Waals surface area contributed by atoms with Crippen molar-refractivity contribution in [1.82, 2.24) is 4.72 Å². The summed E-state index contributed by atoms with van der Waals surface area (Å²) in [4.78, 5) is 0.156. The van der Waals surface area contributed by atoms with Crippen LogP contribution >= 0.6 is 11.6 Å². The van der Waals surface area contributed by atoms with Crippen LogP contribution < -0.4 is 9.46 Å². The van der Waals surface area contributed by atoms with Crippen molar-refractivity contribution in [3.63, 3.8) is 0 Å². The standard InChI is InChI=1S/C14H22ClNO3S/c1-5-6-9-19-13-10-11(7-8-12(13)15)20(17,18)16-14(2,3)4/h7-8,10,16H,5-6,9H2,1-4H3. The van der Waals surface area contributed by atoms with Gasteiger partial charge in [-0.05, 0) is 39.3 Å². The summed E-state index contributed by atoms with van der Waals surface area (Å²) in [6.07, 6.45) is 1.90. The lowest BCUT2D eigenvalue weighted by molar-refractivity contribution is 0.308. The van der Waals surface area contributed by atoms with Gasteiger partial charge in [0.05, 0.1) is 16.5 Å². The van der Waals surface area contributed by atoms with Crippen LogP contribution in [0.2, 0.25) is 5.02 Å². The van der Waals surface area contributed by atoms with E-state index in [0.717, 1.165) is 12.8 Å². The van der Waals surface area contributed by atoms with Gasteiger partial charge in [-0.3, -0.25) is 0 Å². The summed E-state index contributed by atoms with van der Waals surface area (Å²) in [6.45, 7) is 7.95. The molecule has 0 aliphatic rings. The molecule has 0 bridgehead atoms. The highest BCUT2D eigenvalue weighted by Gasteiger charge is 2.22. The molecule has 0 unspecified atom stereocenters. The van der Waals surface area contributed by atoms with Gasteiger partial charge >= 0.3 is 0 Å². The van der Waals surface area contributed by atoms with Crippen molar-refractivity contribution in [2.75, 3.05) is 6.61 Å². The van der Waals surface area contributed by atoms with E-state index in [-0.39, 0.29) is 4.90 Å². The van der Waals surface area contributed by atoms with Crippen LogP contribution in [-0.4, -0.2) is 20.6 Å². The molecule has 1 N–H and O–H groups in total. The Bertz CT molecular complexity index is 550. The average molecular weight is 320 g/mol. The van der Waals surface area contributed by atoms with Crippen molar-refractivity contribution in [1.29, 1.82) is 0 Å². The second-order valence-electron chi connectivity index (χ2n) is 5.65. The minimum Gasteiger partial charge on any atom is -0.492 e. The molecule has 0 amide bonds. The highest BCUT2D eigenvalue weighted by atomic mass is 35.5. The van der Waals surface area contributed by atoms with Crippen LogP contribution in [0.1, 0.15) is 40.5 Å². The van der Waals surface area contributed by atoms with Crippen molar-refractivity contribution in [3.8, 4) is 5.75 Å². The molecule has 0 aliphatic carbocycles. The van der Waals surface area contributed by atoms with Crippen LogP contribution in [0.4, 0.5) is 0 Å². The molecule has 0 heterocycles. The molecule has 6 heteroatoms. The summed E-state index contributed by atoms with van der Waals surface area (Å²) in [5.41, 5.74) is -0.540. The number of hydrogen-bond donors (Lipinski definition) is 1. The molecule has 0 aliphatic heterocycles. The van der Waals surface area contributed by atoms with E-state index in [1.165, 1.54) is 12.1 Å². The van der Waals surface area contributed by atoms with E-state index < -0.39 is 15.6 Å². The Labute approximate surface area is 126 Å². The molecule has 4 nitrogen and oxygen atoms in total. The lowest BCUT2D eigenvalue weighted by Crippen LogP contribution is -2.40. The lowest BCUT2D eigenvalue weighted by atomic mass is 10.1. The third kappa shape index (κ3) is 5.31. The fraction of sp³-hybridized carbons (Fsp3) is 0.571. The lowest BCUT2D eigenvalue weighted by Gasteiger charge is -2.20. The summed E-state index contributed by atoms with van der Waals surface area (Å²) < 4.78 is 32.6. The first-order valence-corrected chi connectivity index (χ1v) is 8.48. The molecule has 20 heavy (non-hydrogen) atoms. The van der Waals surface area contributed by atoms with Gasteiger partial charge < -0.3 is 4.74 Å². The minimum atomic E-state index is -3.58. The summed E-state index contributed by atoms with van der Waals surface area (Å²) in [5.74, 6) is 0.400. The summed E-state index contributed by atoms with van der Waals surface area (Å²) >= 11 is 6.02. The van der Waals surface area contributed by atoms with Crippen LogP contribution in [0.15, 0.2) is 23.1 Å². The summed E-state index contributed by atoms with van der Waals surface area (Å²) in [5, 5.41) is 0.413. The van der Waals surface area contributed by atoms with Crippen LogP contribution in [0, 0.1) is 0 Å². The van der Waals surface area contributed by atoms with Crippen molar-refractivity contribution in [2.24, 2.45) is 0 Å². The molecule has 1 aromatic rings. The number of nitrogens with one attached hydrogen (secondary N) is 1. The predicted molar refractivity (Wildman–Crippen MR) is 81.9 cm³/mol. The Balaban J connectivity index is 2.99. The van der Waals surface area contributed by atoms with Crippen LogP contribution in [0.25, 0.3) is 0 Å². The van der Waals surface area contributed by atoms with Gasteiger partial charge in [0.2, 0.25) is 10.0 Å². The van der Waals surface area contributed by atoms with Crippen LogP contribution in [0.3, 0.4) is 0 Å². The molecular weight excluding hydrogens is 298 g/mol. The molecule has 114 valence electrons. The van der Waals surface area contributed by atoms with Gasteiger partial charge in [0.15, 0.2) is 0 Å². The van der Waals surface area contributed by atoms with E-state index in [0.29, 0.717) is 17.4 Å². The van der Waals surface area contributed by atoms with Crippen molar-refractivity contribution in [3.05, 3.63) is 23.2 Å². The SMILES string of the molecule is CCCCOc1cc(S(=O)(=O)NC(C)(C)C)ccc1Cl. The Morgan fingerprint density at radius 3 is 2.50 bits per heavy atom. The monoisotopic (exact) mass is 319 g/mol. The number of benzene rings is 1. The van der Waals surface area contributed by atoms with Gasteiger partial charge in [0.25, 0.3) is 0 Å². The maximum absolute atomic E-state index is 12.2. The zero-order chi connectivity index (χ0) is 15.4. The second-order valence-corrected chi connectivity index (χ2v) is 7.74. The van der Waals surface area contributed by atoms with Gasteiger partial charge in [0.1, 0.15) is 5.75 Å². The average Bonchev–Trinajstić information content (AvgIpc) is 2.28. The largest absolute Gasteiger partial charge is 0.492 e. The van der Waals surface area contributed by atoms with E-state index >= 15 is 0 Å². The highest BCUT2D eigenvalue weighted by molar-refractivity contribution is 7.89. The number of ether oxygens (including phenoxy) is 1. The zero-order valence-electron chi connectivity index (χ0n) is 12.4. The predicted octanol–water partition coefficient (Wildman–Crippen LogP) is 3.60. The number of rotatable bonds is 6. The second kappa shape index (κ2) is 6.78. The quantitative estimate of drug-likeness (QED) is 0.815. The molecule has 0 fully saturated rings. The Kier molecular flexibility index (Phi) is 5.86. The molecule has 1 aromatic carbocycles. The van der Waals surface area contributed by atoms with Crippen molar-refractivity contribution < 1.29 is 13.2 Å². The first-order valence-electron chi connectivity index (χ1n) is 6.62. The topological polar surface area (TPSA) is 55.4 Å². The molecule has 0 atom stereocenters. The zero-order valence-corrected chi connectivity index (χ0v) is 13.9. The van der Waals surface area contributed by atoms with E-state index in [2.05, 4.69) is 11.6 Å². The third-order valence-electron chi connectivity index (χ3n) is 2.41. The van der Waals surface area contributed by atoms with E-state index in [9.17, 15) is 8.42 Å².